The zero-order valence-corrected chi connectivity index (χ0v) is 15.0. The van der Waals surface area contributed by atoms with Crippen molar-refractivity contribution in [3.8, 4) is 17.4 Å². The molecule has 0 radical (unpaired) electrons. The number of nitrogens with zero attached hydrogens (tertiary/aromatic N) is 3. The monoisotopic (exact) mass is 367 g/mol. The van der Waals surface area contributed by atoms with Gasteiger partial charge in [-0.1, -0.05) is 16.8 Å². The fourth-order valence-corrected chi connectivity index (χ4v) is 2.41. The van der Waals surface area contributed by atoms with Crippen LogP contribution >= 0.6 is 11.6 Å². The number of carbonyl (C=O) groups is 1. The van der Waals surface area contributed by atoms with E-state index in [-0.39, 0.29) is 23.1 Å². The molecule has 0 aliphatic carbocycles. The summed E-state index contributed by atoms with van der Waals surface area (Å²) in [4.78, 5) is 21.6. The van der Waals surface area contributed by atoms with E-state index >= 15 is 0 Å². The van der Waals surface area contributed by atoms with Crippen molar-refractivity contribution in [3.05, 3.63) is 38.9 Å². The number of carboxylic acid groups (broad SMARTS) is 1. The number of aromatic nitrogens is 2. The summed E-state index contributed by atoms with van der Waals surface area (Å²) < 4.78 is 12.8. The van der Waals surface area contributed by atoms with Crippen molar-refractivity contribution < 1.29 is 19.4 Å². The van der Waals surface area contributed by atoms with Gasteiger partial charge >= 0.3 is 5.97 Å². The van der Waals surface area contributed by atoms with Gasteiger partial charge in [-0.25, -0.2) is 9.48 Å². The van der Waals surface area contributed by atoms with Crippen molar-refractivity contribution in [2.45, 2.75) is 33.4 Å². The highest BCUT2D eigenvalue weighted by molar-refractivity contribution is 6.32. The summed E-state index contributed by atoms with van der Waals surface area (Å²) in [5.74, 6) is -0.209. The molecular formula is C16H18ClN3O5. The highest BCUT2D eigenvalue weighted by Gasteiger charge is 2.19. The Labute approximate surface area is 149 Å². The normalized spacial score (nSPS) is 11.9. The minimum absolute atomic E-state index is 0.172. The van der Waals surface area contributed by atoms with Gasteiger partial charge < -0.3 is 14.6 Å². The number of halogens is 1. The Kier molecular flexibility index (Phi) is 5.63. The van der Waals surface area contributed by atoms with Crippen LogP contribution in [0.5, 0.6) is 17.4 Å². The number of ether oxygens (including phenoxy) is 2. The first kappa shape index (κ1) is 18.7. The maximum Gasteiger partial charge on any atom is 0.344 e. The molecule has 8 nitrogen and oxygen atoms in total. The van der Waals surface area contributed by atoms with Crippen molar-refractivity contribution in [2.75, 3.05) is 0 Å². The molecule has 0 saturated heterocycles. The summed E-state index contributed by atoms with van der Waals surface area (Å²) in [5, 5.41) is 16.3. The smallest absolute Gasteiger partial charge is 0.344 e. The van der Waals surface area contributed by atoms with Gasteiger partial charge in [0.15, 0.2) is 11.9 Å². The first-order valence-electron chi connectivity index (χ1n) is 7.43. The molecule has 0 aliphatic heterocycles. The second-order valence-corrected chi connectivity index (χ2v) is 5.92. The molecule has 1 N–H and O–H groups in total. The van der Waals surface area contributed by atoms with E-state index in [1.165, 1.54) is 19.1 Å². The van der Waals surface area contributed by atoms with Gasteiger partial charge in [-0.05, 0) is 26.8 Å². The largest absolute Gasteiger partial charge is 0.479 e. The fraction of sp³-hybridized carbons (Fsp3) is 0.375. The lowest BCUT2D eigenvalue weighted by atomic mass is 10.2. The van der Waals surface area contributed by atoms with Crippen LogP contribution in [0.2, 0.25) is 5.02 Å². The predicted molar refractivity (Wildman–Crippen MR) is 91.4 cm³/mol. The molecule has 0 aliphatic rings. The van der Waals surface area contributed by atoms with Gasteiger partial charge in [-0.2, -0.15) is 10.0 Å². The summed E-state index contributed by atoms with van der Waals surface area (Å²) in [5.41, 5.74) is 2.03. The maximum atomic E-state index is 11.0. The summed E-state index contributed by atoms with van der Waals surface area (Å²) in [6.45, 7) is 4.89. The zero-order valence-electron chi connectivity index (χ0n) is 14.2. The van der Waals surface area contributed by atoms with Crippen LogP contribution in [0, 0.1) is 18.8 Å². The third-order valence-corrected chi connectivity index (χ3v) is 3.96. The Bertz CT molecular complexity index is 819. The lowest BCUT2D eigenvalue weighted by Gasteiger charge is -2.16. The van der Waals surface area contributed by atoms with Crippen molar-refractivity contribution in [1.82, 2.24) is 9.78 Å². The van der Waals surface area contributed by atoms with Gasteiger partial charge in [0.1, 0.15) is 12.3 Å². The summed E-state index contributed by atoms with van der Waals surface area (Å²) in [6.07, 6.45) is -1.11. The van der Waals surface area contributed by atoms with Gasteiger partial charge in [0.2, 0.25) is 5.88 Å². The van der Waals surface area contributed by atoms with E-state index in [4.69, 9.17) is 26.2 Å². The van der Waals surface area contributed by atoms with Crippen LogP contribution < -0.4 is 9.47 Å². The van der Waals surface area contributed by atoms with Crippen LogP contribution in [-0.4, -0.2) is 27.0 Å². The summed E-state index contributed by atoms with van der Waals surface area (Å²) in [7, 11) is 1.73. The first-order chi connectivity index (χ1) is 11.7. The van der Waals surface area contributed by atoms with Crippen molar-refractivity contribution in [1.29, 1.82) is 0 Å². The van der Waals surface area contributed by atoms with Gasteiger partial charge in [0.25, 0.3) is 0 Å². The number of hydrogen-bond donors (Lipinski definition) is 1. The summed E-state index contributed by atoms with van der Waals surface area (Å²) >= 11 is 6.23. The van der Waals surface area contributed by atoms with Gasteiger partial charge in [-0.3, -0.25) is 0 Å². The molecule has 134 valence electrons. The molecule has 0 saturated carbocycles. The molecule has 9 heteroatoms. The second-order valence-electron chi connectivity index (χ2n) is 5.52. The minimum Gasteiger partial charge on any atom is -0.479 e. The van der Waals surface area contributed by atoms with E-state index in [1.807, 2.05) is 13.8 Å². The zero-order chi connectivity index (χ0) is 18.7. The topological polar surface area (TPSA) is 103 Å². The highest BCUT2D eigenvalue weighted by atomic mass is 35.5. The van der Waals surface area contributed by atoms with Crippen molar-refractivity contribution >= 4 is 17.6 Å². The first-order valence-corrected chi connectivity index (χ1v) is 7.81. The molecule has 0 bridgehead atoms. The molecule has 0 amide bonds. The second kappa shape index (κ2) is 7.52. The number of benzene rings is 1. The molecule has 25 heavy (non-hydrogen) atoms. The van der Waals surface area contributed by atoms with E-state index in [2.05, 4.69) is 10.3 Å². The molecule has 0 fully saturated rings. The fourth-order valence-electron chi connectivity index (χ4n) is 2.19. The lowest BCUT2D eigenvalue weighted by Crippen LogP contribution is -2.23. The van der Waals surface area contributed by atoms with Gasteiger partial charge in [-0.15, -0.1) is 0 Å². The van der Waals surface area contributed by atoms with E-state index in [0.29, 0.717) is 11.4 Å². The van der Waals surface area contributed by atoms with Crippen LogP contribution in [0.4, 0.5) is 0 Å². The molecule has 2 aromatic rings. The number of aliphatic carboxylic acids is 1. The van der Waals surface area contributed by atoms with Crippen LogP contribution in [0.25, 0.3) is 0 Å². The van der Waals surface area contributed by atoms with E-state index in [1.54, 1.807) is 11.7 Å². The SMILES string of the molecule is Cc1nn(C)c(Oc2cc(O[C@@H](C)C(=O)O)c(CN=O)cc2Cl)c1C. The number of hydrogen-bond acceptors (Lipinski definition) is 6. The lowest BCUT2D eigenvalue weighted by molar-refractivity contribution is -0.144. The summed E-state index contributed by atoms with van der Waals surface area (Å²) in [6, 6.07) is 2.92. The Hall–Kier alpha value is -2.61. The third kappa shape index (κ3) is 4.08. The maximum absolute atomic E-state index is 11.0. The van der Waals surface area contributed by atoms with Gasteiger partial charge in [0, 0.05) is 24.2 Å². The quantitative estimate of drug-likeness (QED) is 0.750. The van der Waals surface area contributed by atoms with Crippen LogP contribution in [0.15, 0.2) is 17.3 Å². The molecule has 1 aromatic carbocycles. The number of aryl methyl sites for hydroxylation is 2. The molecule has 2 rings (SSSR count). The van der Waals surface area contributed by atoms with Crippen molar-refractivity contribution in [3.63, 3.8) is 0 Å². The molecule has 0 unspecified atom stereocenters. The Balaban J connectivity index is 2.44. The molecule has 1 atom stereocenters. The predicted octanol–water partition coefficient (Wildman–Crippen LogP) is 3.60. The Morgan fingerprint density at radius 3 is 2.60 bits per heavy atom. The van der Waals surface area contributed by atoms with Crippen LogP contribution in [-0.2, 0) is 18.4 Å². The number of nitroso groups, excluding NO2 is 1. The van der Waals surface area contributed by atoms with Crippen LogP contribution in [0.1, 0.15) is 23.7 Å². The Morgan fingerprint density at radius 2 is 2.08 bits per heavy atom. The average molecular weight is 368 g/mol. The third-order valence-electron chi connectivity index (χ3n) is 3.67. The molecular weight excluding hydrogens is 350 g/mol. The highest BCUT2D eigenvalue weighted by Crippen LogP contribution is 2.37. The van der Waals surface area contributed by atoms with Crippen LogP contribution in [0.3, 0.4) is 0 Å². The van der Waals surface area contributed by atoms with Crippen molar-refractivity contribution in [2.24, 2.45) is 12.2 Å². The number of carboxylic acids is 1. The van der Waals surface area contributed by atoms with Gasteiger partial charge in [0.05, 0.1) is 10.7 Å². The average Bonchev–Trinajstić information content (AvgIpc) is 2.77. The molecule has 1 aromatic heterocycles. The van der Waals surface area contributed by atoms with E-state index < -0.39 is 12.1 Å². The molecule has 0 spiro atoms. The minimum atomic E-state index is -1.14. The standard InChI is InChI=1S/C16H18ClN3O5/c1-8-9(2)19-20(4)15(8)25-14-6-13(24-10(3)16(21)22)11(7-18-23)5-12(14)17/h5-6,10H,7H2,1-4H3,(H,21,22)/t10-/m0/s1. The van der Waals surface area contributed by atoms with E-state index in [9.17, 15) is 9.70 Å². The number of rotatable bonds is 7. The Morgan fingerprint density at radius 1 is 1.40 bits per heavy atom. The van der Waals surface area contributed by atoms with E-state index in [0.717, 1.165) is 11.3 Å². The molecule has 1 heterocycles.